The van der Waals surface area contributed by atoms with Gasteiger partial charge in [-0.05, 0) is 19.1 Å². The summed E-state index contributed by atoms with van der Waals surface area (Å²) < 4.78 is 0. The van der Waals surface area contributed by atoms with Crippen molar-refractivity contribution in [3.8, 4) is 5.75 Å². The minimum Gasteiger partial charge on any atom is -0.508 e. The van der Waals surface area contributed by atoms with Gasteiger partial charge in [0.2, 0.25) is 5.91 Å². The van der Waals surface area contributed by atoms with Crippen molar-refractivity contribution in [3.63, 3.8) is 0 Å². The molecule has 1 rings (SSSR count). The number of aromatic hydroxyl groups is 1. The van der Waals surface area contributed by atoms with Gasteiger partial charge in [-0.15, -0.1) is 0 Å². The number of carboxylic acids is 1. The van der Waals surface area contributed by atoms with E-state index in [4.69, 9.17) is 10.8 Å². The SMILES string of the molecule is CCN(C(=O)C(N)CC(=O)O)c1cccc(O)c1. The molecule has 0 aliphatic rings. The highest BCUT2D eigenvalue weighted by molar-refractivity contribution is 5.98. The topological polar surface area (TPSA) is 104 Å². The first-order chi connectivity index (χ1) is 8.45. The van der Waals surface area contributed by atoms with Crippen molar-refractivity contribution in [1.82, 2.24) is 0 Å². The van der Waals surface area contributed by atoms with Crippen LogP contribution >= 0.6 is 0 Å². The molecule has 1 atom stereocenters. The molecule has 6 nitrogen and oxygen atoms in total. The Bertz CT molecular complexity index is 447. The lowest BCUT2D eigenvalue weighted by Crippen LogP contribution is -2.45. The van der Waals surface area contributed by atoms with Gasteiger partial charge >= 0.3 is 5.97 Å². The molecule has 4 N–H and O–H groups in total. The molecule has 0 saturated carbocycles. The maximum Gasteiger partial charge on any atom is 0.305 e. The van der Waals surface area contributed by atoms with Crippen molar-refractivity contribution in [3.05, 3.63) is 24.3 Å². The van der Waals surface area contributed by atoms with Crippen LogP contribution in [0.3, 0.4) is 0 Å². The number of hydrogen-bond acceptors (Lipinski definition) is 4. The number of hydrogen-bond donors (Lipinski definition) is 3. The molecule has 98 valence electrons. The summed E-state index contributed by atoms with van der Waals surface area (Å²) in [6.45, 7) is 2.09. The number of aliphatic carboxylic acids is 1. The third-order valence-corrected chi connectivity index (χ3v) is 2.44. The zero-order valence-corrected chi connectivity index (χ0v) is 10.0. The molecule has 1 aromatic carbocycles. The summed E-state index contributed by atoms with van der Waals surface area (Å²) in [4.78, 5) is 23.8. The minimum absolute atomic E-state index is 0.0329. The minimum atomic E-state index is -1.12. The van der Waals surface area contributed by atoms with E-state index in [0.29, 0.717) is 12.2 Å². The summed E-state index contributed by atoms with van der Waals surface area (Å²) in [7, 11) is 0. The second-order valence-electron chi connectivity index (χ2n) is 3.81. The predicted octanol–water partition coefficient (Wildman–Crippen LogP) is 0.547. The highest BCUT2D eigenvalue weighted by Crippen LogP contribution is 2.20. The fourth-order valence-corrected chi connectivity index (χ4v) is 1.60. The number of rotatable bonds is 5. The number of nitrogens with zero attached hydrogens (tertiary/aromatic N) is 1. The van der Waals surface area contributed by atoms with E-state index in [0.717, 1.165) is 0 Å². The quantitative estimate of drug-likeness (QED) is 0.709. The Balaban J connectivity index is 2.89. The zero-order chi connectivity index (χ0) is 13.7. The first kappa shape index (κ1) is 14.0. The molecule has 1 unspecified atom stereocenters. The standard InChI is InChI=1S/C12H16N2O4/c1-2-14(8-4-3-5-9(15)6-8)12(18)10(13)7-11(16)17/h3-6,10,15H,2,7,13H2,1H3,(H,16,17). The highest BCUT2D eigenvalue weighted by Gasteiger charge is 2.23. The van der Waals surface area contributed by atoms with Gasteiger partial charge in [0, 0.05) is 18.3 Å². The summed E-state index contributed by atoms with van der Waals surface area (Å²) >= 11 is 0. The fourth-order valence-electron chi connectivity index (χ4n) is 1.60. The number of nitrogens with two attached hydrogens (primary N) is 1. The van der Waals surface area contributed by atoms with E-state index in [2.05, 4.69) is 0 Å². The Hall–Kier alpha value is -2.08. The highest BCUT2D eigenvalue weighted by atomic mass is 16.4. The van der Waals surface area contributed by atoms with Gasteiger partial charge in [0.15, 0.2) is 0 Å². The number of phenolic OH excluding ortho intramolecular Hbond substituents is 1. The number of phenols is 1. The number of likely N-dealkylation sites (N-methyl/N-ethyl adjacent to an activating group) is 1. The lowest BCUT2D eigenvalue weighted by Gasteiger charge is -2.23. The molecular formula is C12H16N2O4. The number of carboxylic acid groups (broad SMARTS) is 1. The lowest BCUT2D eigenvalue weighted by molar-refractivity contribution is -0.139. The molecule has 0 aliphatic carbocycles. The summed E-state index contributed by atoms with van der Waals surface area (Å²) in [5.41, 5.74) is 6.02. The van der Waals surface area contributed by atoms with Gasteiger partial charge in [0.05, 0.1) is 12.5 Å². The van der Waals surface area contributed by atoms with E-state index >= 15 is 0 Å². The van der Waals surface area contributed by atoms with Gasteiger partial charge in [-0.3, -0.25) is 9.59 Å². The van der Waals surface area contributed by atoms with Crippen molar-refractivity contribution in [1.29, 1.82) is 0 Å². The Morgan fingerprint density at radius 2 is 2.11 bits per heavy atom. The van der Waals surface area contributed by atoms with Crippen LogP contribution in [-0.2, 0) is 9.59 Å². The molecule has 1 amide bonds. The first-order valence-corrected chi connectivity index (χ1v) is 5.53. The Labute approximate surface area is 105 Å². The molecule has 18 heavy (non-hydrogen) atoms. The second-order valence-corrected chi connectivity index (χ2v) is 3.81. The predicted molar refractivity (Wildman–Crippen MR) is 66.4 cm³/mol. The maximum atomic E-state index is 12.0. The molecule has 0 fully saturated rings. The van der Waals surface area contributed by atoms with E-state index in [-0.39, 0.29) is 5.75 Å². The van der Waals surface area contributed by atoms with Crippen LogP contribution in [-0.4, -0.2) is 34.7 Å². The second kappa shape index (κ2) is 6.02. The van der Waals surface area contributed by atoms with E-state index in [1.165, 1.54) is 17.0 Å². The summed E-state index contributed by atoms with van der Waals surface area (Å²) in [6, 6.07) is 5.07. The Morgan fingerprint density at radius 1 is 1.44 bits per heavy atom. The lowest BCUT2D eigenvalue weighted by atomic mass is 10.1. The van der Waals surface area contributed by atoms with Crippen molar-refractivity contribution in [2.45, 2.75) is 19.4 Å². The number of amides is 1. The maximum absolute atomic E-state index is 12.0. The van der Waals surface area contributed by atoms with Crippen LogP contribution in [0.5, 0.6) is 5.75 Å². The third-order valence-electron chi connectivity index (χ3n) is 2.44. The molecule has 0 radical (unpaired) electrons. The van der Waals surface area contributed by atoms with E-state index in [1.807, 2.05) is 0 Å². The number of carbonyl (C=O) groups is 2. The van der Waals surface area contributed by atoms with Gasteiger partial charge < -0.3 is 20.8 Å². The zero-order valence-electron chi connectivity index (χ0n) is 10.0. The van der Waals surface area contributed by atoms with Gasteiger partial charge in [-0.25, -0.2) is 0 Å². The largest absolute Gasteiger partial charge is 0.508 e. The molecule has 0 aromatic heterocycles. The van der Waals surface area contributed by atoms with Crippen LogP contribution in [0.15, 0.2) is 24.3 Å². The average Bonchev–Trinajstić information content (AvgIpc) is 2.29. The molecule has 6 heteroatoms. The summed E-state index contributed by atoms with van der Waals surface area (Å²) in [6.07, 6.45) is -0.422. The van der Waals surface area contributed by atoms with Crippen LogP contribution in [0.2, 0.25) is 0 Å². The van der Waals surface area contributed by atoms with Crippen LogP contribution in [0, 0.1) is 0 Å². The molecular weight excluding hydrogens is 236 g/mol. The number of anilines is 1. The molecule has 0 saturated heterocycles. The molecule has 0 heterocycles. The van der Waals surface area contributed by atoms with Gasteiger partial charge in [-0.1, -0.05) is 6.07 Å². The smallest absolute Gasteiger partial charge is 0.305 e. The van der Waals surface area contributed by atoms with Crippen LogP contribution in [0.25, 0.3) is 0 Å². The van der Waals surface area contributed by atoms with E-state index in [1.54, 1.807) is 19.1 Å². The molecule has 0 bridgehead atoms. The number of carbonyl (C=O) groups excluding carboxylic acids is 1. The number of benzene rings is 1. The fraction of sp³-hybridized carbons (Fsp3) is 0.333. The average molecular weight is 252 g/mol. The Morgan fingerprint density at radius 3 is 2.61 bits per heavy atom. The van der Waals surface area contributed by atoms with Gasteiger partial charge in [-0.2, -0.15) is 0 Å². The van der Waals surface area contributed by atoms with Crippen molar-refractivity contribution < 1.29 is 19.8 Å². The Kier molecular flexibility index (Phi) is 4.67. The third kappa shape index (κ3) is 3.46. The normalized spacial score (nSPS) is 11.9. The van der Waals surface area contributed by atoms with E-state index < -0.39 is 24.3 Å². The van der Waals surface area contributed by atoms with Gasteiger partial charge in [0.25, 0.3) is 0 Å². The van der Waals surface area contributed by atoms with Crippen molar-refractivity contribution in [2.24, 2.45) is 5.73 Å². The molecule has 0 spiro atoms. The van der Waals surface area contributed by atoms with E-state index in [9.17, 15) is 14.7 Å². The molecule has 0 aliphatic heterocycles. The van der Waals surface area contributed by atoms with Gasteiger partial charge in [0.1, 0.15) is 5.75 Å². The monoisotopic (exact) mass is 252 g/mol. The first-order valence-electron chi connectivity index (χ1n) is 5.53. The summed E-state index contributed by atoms with van der Waals surface area (Å²) in [5.74, 6) is -1.57. The van der Waals surface area contributed by atoms with Crippen molar-refractivity contribution in [2.75, 3.05) is 11.4 Å². The van der Waals surface area contributed by atoms with Crippen LogP contribution < -0.4 is 10.6 Å². The van der Waals surface area contributed by atoms with Crippen molar-refractivity contribution >= 4 is 17.6 Å². The van der Waals surface area contributed by atoms with Crippen LogP contribution in [0.1, 0.15) is 13.3 Å². The molecule has 1 aromatic rings. The summed E-state index contributed by atoms with van der Waals surface area (Å²) in [5, 5.41) is 18.0. The van der Waals surface area contributed by atoms with Crippen LogP contribution in [0.4, 0.5) is 5.69 Å².